The number of hydrogen-bond donors (Lipinski definition) is 2. The van der Waals surface area contributed by atoms with Gasteiger partial charge >= 0.3 is 0 Å². The van der Waals surface area contributed by atoms with E-state index in [2.05, 4.69) is 0 Å². The number of rotatable bonds is 7. The van der Waals surface area contributed by atoms with Crippen LogP contribution in [0.15, 0.2) is 24.3 Å². The number of benzene rings is 1. The Kier molecular flexibility index (Phi) is 6.59. The number of hydrogen-bond acceptors (Lipinski definition) is 3. The molecule has 0 radical (unpaired) electrons. The summed E-state index contributed by atoms with van der Waals surface area (Å²) in [5.41, 5.74) is 6.37. The molecular formula is C20H30N2O3. The van der Waals surface area contributed by atoms with Crippen LogP contribution in [0, 0.1) is 5.92 Å². The van der Waals surface area contributed by atoms with Gasteiger partial charge in [0.2, 0.25) is 5.91 Å². The molecular weight excluding hydrogens is 316 g/mol. The van der Waals surface area contributed by atoms with Crippen LogP contribution in [0.2, 0.25) is 0 Å². The second-order valence-corrected chi connectivity index (χ2v) is 7.77. The molecule has 1 aromatic carbocycles. The predicted octanol–water partition coefficient (Wildman–Crippen LogP) is 2.51. The molecule has 2 amide bonds. The van der Waals surface area contributed by atoms with Crippen molar-refractivity contribution in [1.29, 1.82) is 0 Å². The number of nitrogens with zero attached hydrogens (tertiary/aromatic N) is 1. The van der Waals surface area contributed by atoms with E-state index in [1.807, 2.05) is 29.2 Å². The largest absolute Gasteiger partial charge is 0.390 e. The van der Waals surface area contributed by atoms with Crippen molar-refractivity contribution in [3.8, 4) is 0 Å². The van der Waals surface area contributed by atoms with Crippen LogP contribution in [-0.4, -0.2) is 40.5 Å². The molecule has 2 rings (SSSR count). The van der Waals surface area contributed by atoms with Crippen molar-refractivity contribution in [2.45, 2.75) is 58.0 Å². The van der Waals surface area contributed by atoms with Crippen LogP contribution >= 0.6 is 0 Å². The molecule has 138 valence electrons. The van der Waals surface area contributed by atoms with Crippen molar-refractivity contribution < 1.29 is 14.7 Å². The first-order chi connectivity index (χ1) is 11.7. The molecule has 0 aliphatic carbocycles. The average molecular weight is 346 g/mol. The van der Waals surface area contributed by atoms with Crippen LogP contribution in [0.4, 0.5) is 0 Å². The number of likely N-dealkylation sites (tertiary alicyclic amines) is 1. The topological polar surface area (TPSA) is 83.6 Å². The molecule has 3 N–H and O–H groups in total. The molecule has 1 aliphatic rings. The lowest BCUT2D eigenvalue weighted by atomic mass is 9.92. The zero-order chi connectivity index (χ0) is 18.4. The number of aryl methyl sites for hydroxylation is 1. The number of nitrogens with two attached hydrogens (primary N) is 1. The monoisotopic (exact) mass is 346 g/mol. The maximum absolute atomic E-state index is 12.7. The summed E-state index contributed by atoms with van der Waals surface area (Å²) < 4.78 is 0. The van der Waals surface area contributed by atoms with Crippen molar-refractivity contribution >= 4 is 11.8 Å². The number of carbonyl (C=O) groups is 2. The van der Waals surface area contributed by atoms with E-state index in [1.165, 1.54) is 0 Å². The molecule has 1 saturated heterocycles. The number of piperidine rings is 1. The Morgan fingerprint density at radius 3 is 2.56 bits per heavy atom. The van der Waals surface area contributed by atoms with Crippen LogP contribution in [-0.2, 0) is 11.2 Å². The molecule has 1 aliphatic heterocycles. The van der Waals surface area contributed by atoms with Gasteiger partial charge < -0.3 is 15.7 Å². The highest BCUT2D eigenvalue weighted by Crippen LogP contribution is 2.23. The highest BCUT2D eigenvalue weighted by molar-refractivity contribution is 5.94. The Labute approximate surface area is 150 Å². The molecule has 5 nitrogen and oxygen atoms in total. The zero-order valence-corrected chi connectivity index (χ0v) is 15.3. The third kappa shape index (κ3) is 6.50. The van der Waals surface area contributed by atoms with E-state index in [1.54, 1.807) is 13.8 Å². The Hall–Kier alpha value is -1.88. The van der Waals surface area contributed by atoms with Crippen LogP contribution in [0.25, 0.3) is 0 Å². The number of carbonyl (C=O) groups excluding carboxylic acids is 2. The van der Waals surface area contributed by atoms with Gasteiger partial charge in [-0.2, -0.15) is 0 Å². The number of primary amides is 1. The van der Waals surface area contributed by atoms with E-state index in [0.717, 1.165) is 37.8 Å². The van der Waals surface area contributed by atoms with Crippen molar-refractivity contribution in [3.05, 3.63) is 35.4 Å². The Bertz CT molecular complexity index is 590. The van der Waals surface area contributed by atoms with Gasteiger partial charge in [0.1, 0.15) is 0 Å². The van der Waals surface area contributed by atoms with Gasteiger partial charge in [-0.15, -0.1) is 0 Å². The lowest BCUT2D eigenvalue weighted by Crippen LogP contribution is -2.40. The van der Waals surface area contributed by atoms with Crippen LogP contribution in [0.3, 0.4) is 0 Å². The van der Waals surface area contributed by atoms with Gasteiger partial charge in [-0.25, -0.2) is 0 Å². The van der Waals surface area contributed by atoms with E-state index in [-0.39, 0.29) is 11.8 Å². The molecule has 0 bridgehead atoms. The van der Waals surface area contributed by atoms with Crippen molar-refractivity contribution in [1.82, 2.24) is 4.90 Å². The van der Waals surface area contributed by atoms with Crippen LogP contribution in [0.5, 0.6) is 0 Å². The Morgan fingerprint density at radius 2 is 1.96 bits per heavy atom. The third-order valence-corrected chi connectivity index (χ3v) is 4.83. The Balaban J connectivity index is 1.92. The fraction of sp³-hybridized carbons (Fsp3) is 0.600. The molecule has 0 aromatic heterocycles. The second kappa shape index (κ2) is 8.48. The molecule has 1 heterocycles. The maximum atomic E-state index is 12.7. The van der Waals surface area contributed by atoms with Gasteiger partial charge in [-0.1, -0.05) is 12.1 Å². The highest BCUT2D eigenvalue weighted by atomic mass is 16.3. The smallest absolute Gasteiger partial charge is 0.253 e. The summed E-state index contributed by atoms with van der Waals surface area (Å²) >= 11 is 0. The first-order valence-corrected chi connectivity index (χ1v) is 9.13. The minimum atomic E-state index is -0.678. The standard InChI is InChI=1S/C20H30N2O3/c1-20(2,25)12-11-15-5-8-17(9-6-15)19(24)22-13-3-4-16(14-22)7-10-18(21)23/h5-6,8-9,16,25H,3-4,7,10-14H2,1-2H3,(H2,21,23). The minimum Gasteiger partial charge on any atom is -0.390 e. The molecule has 1 aromatic rings. The second-order valence-electron chi connectivity index (χ2n) is 7.77. The summed E-state index contributed by atoms with van der Waals surface area (Å²) in [6, 6.07) is 7.67. The van der Waals surface area contributed by atoms with Crippen LogP contribution < -0.4 is 5.73 Å². The molecule has 1 fully saturated rings. The zero-order valence-electron chi connectivity index (χ0n) is 15.3. The average Bonchev–Trinajstić information content (AvgIpc) is 2.57. The lowest BCUT2D eigenvalue weighted by Gasteiger charge is -2.32. The van der Waals surface area contributed by atoms with E-state index >= 15 is 0 Å². The molecule has 1 atom stereocenters. The third-order valence-electron chi connectivity index (χ3n) is 4.83. The van der Waals surface area contributed by atoms with Gasteiger partial charge in [0.15, 0.2) is 0 Å². The first-order valence-electron chi connectivity index (χ1n) is 9.13. The van der Waals surface area contributed by atoms with E-state index < -0.39 is 5.60 Å². The summed E-state index contributed by atoms with van der Waals surface area (Å²) in [7, 11) is 0. The first kappa shape index (κ1) is 19.4. The molecule has 0 saturated carbocycles. The SMILES string of the molecule is CC(C)(O)CCc1ccc(C(=O)N2CCCC(CCC(N)=O)C2)cc1. The van der Waals surface area contributed by atoms with E-state index in [0.29, 0.717) is 30.9 Å². The quantitative estimate of drug-likeness (QED) is 0.796. The van der Waals surface area contributed by atoms with E-state index in [4.69, 9.17) is 5.73 Å². The molecule has 0 spiro atoms. The van der Waals surface area contributed by atoms with Gasteiger partial charge in [0.05, 0.1) is 5.60 Å². The van der Waals surface area contributed by atoms with E-state index in [9.17, 15) is 14.7 Å². The van der Waals surface area contributed by atoms with Gasteiger partial charge in [0, 0.05) is 25.1 Å². The highest BCUT2D eigenvalue weighted by Gasteiger charge is 2.24. The summed E-state index contributed by atoms with van der Waals surface area (Å²) in [6.45, 7) is 5.07. The number of amides is 2. The Morgan fingerprint density at radius 1 is 1.28 bits per heavy atom. The van der Waals surface area contributed by atoms with Gasteiger partial charge in [-0.3, -0.25) is 9.59 Å². The van der Waals surface area contributed by atoms with Crippen molar-refractivity contribution in [3.63, 3.8) is 0 Å². The summed E-state index contributed by atoms with van der Waals surface area (Å²) in [4.78, 5) is 25.5. The van der Waals surface area contributed by atoms with Crippen LogP contribution in [0.1, 0.15) is 61.9 Å². The summed E-state index contributed by atoms with van der Waals surface area (Å²) in [5.74, 6) is 0.138. The fourth-order valence-electron chi connectivity index (χ4n) is 3.28. The van der Waals surface area contributed by atoms with Crippen molar-refractivity contribution in [2.24, 2.45) is 11.7 Å². The molecule has 5 heteroatoms. The molecule has 25 heavy (non-hydrogen) atoms. The number of aliphatic hydroxyl groups is 1. The minimum absolute atomic E-state index is 0.0535. The lowest BCUT2D eigenvalue weighted by molar-refractivity contribution is -0.118. The van der Waals surface area contributed by atoms with Crippen molar-refractivity contribution in [2.75, 3.05) is 13.1 Å². The fourth-order valence-corrected chi connectivity index (χ4v) is 3.28. The maximum Gasteiger partial charge on any atom is 0.253 e. The summed E-state index contributed by atoms with van der Waals surface area (Å²) in [6.07, 6.45) is 4.65. The molecule has 1 unspecified atom stereocenters. The van der Waals surface area contributed by atoms with Gasteiger partial charge in [-0.05, 0) is 69.6 Å². The normalized spacial score (nSPS) is 18.2. The predicted molar refractivity (Wildman–Crippen MR) is 98.1 cm³/mol. The van der Waals surface area contributed by atoms with Gasteiger partial charge in [0.25, 0.3) is 5.91 Å². The summed E-state index contributed by atoms with van der Waals surface area (Å²) in [5, 5.41) is 9.81.